The summed E-state index contributed by atoms with van der Waals surface area (Å²) in [6, 6.07) is 8.13. The smallest absolute Gasteiger partial charge is 0.293 e. The highest BCUT2D eigenvalue weighted by atomic mass is 35.5. The average molecular weight is 483 g/mol. The Morgan fingerprint density at radius 1 is 1.17 bits per heavy atom. The molecule has 1 aliphatic rings. The fourth-order valence-electron chi connectivity index (χ4n) is 2.68. The highest BCUT2D eigenvalue weighted by Crippen LogP contribution is 2.39. The Morgan fingerprint density at radius 2 is 1.93 bits per heavy atom. The molecule has 154 valence electrons. The maximum absolute atomic E-state index is 12.8. The number of imide groups is 1. The zero-order valence-corrected chi connectivity index (χ0v) is 18.7. The van der Waals surface area contributed by atoms with Gasteiger partial charge in [0.1, 0.15) is 6.61 Å². The lowest BCUT2D eigenvalue weighted by Gasteiger charge is -2.14. The number of carbonyl (C=O) groups excluding carboxylic acids is 2. The molecule has 0 spiro atoms. The minimum absolute atomic E-state index is 0.0293. The minimum Gasteiger partial charge on any atom is -0.493 e. The number of ether oxygens (including phenoxy) is 2. The van der Waals surface area contributed by atoms with Gasteiger partial charge in [-0.1, -0.05) is 46.8 Å². The Hall–Kier alpha value is -2.30. The van der Waals surface area contributed by atoms with Crippen molar-refractivity contribution in [2.45, 2.75) is 6.54 Å². The summed E-state index contributed by atoms with van der Waals surface area (Å²) in [6.07, 6.45) is 6.77. The lowest BCUT2D eigenvalue weighted by atomic mass is 10.1. The Labute approximate surface area is 192 Å². The van der Waals surface area contributed by atoms with Crippen LogP contribution in [-0.4, -0.2) is 29.8 Å². The van der Waals surface area contributed by atoms with Crippen LogP contribution in [0.3, 0.4) is 0 Å². The van der Waals surface area contributed by atoms with E-state index in [0.29, 0.717) is 32.7 Å². The molecule has 0 saturated carbocycles. The Bertz CT molecular complexity index is 1090. The average Bonchev–Trinajstić information content (AvgIpc) is 2.96. The van der Waals surface area contributed by atoms with Crippen LogP contribution in [0.25, 0.3) is 6.08 Å². The second kappa shape index (κ2) is 9.67. The van der Waals surface area contributed by atoms with Crippen molar-refractivity contribution in [2.24, 2.45) is 0 Å². The van der Waals surface area contributed by atoms with Gasteiger partial charge >= 0.3 is 0 Å². The van der Waals surface area contributed by atoms with E-state index in [-0.39, 0.29) is 23.1 Å². The SMILES string of the molecule is C#CCOc1c(Cl)cc(/C=C2\SC(=O)N(Cc3ccc(Cl)cc3Cl)C2=O)cc1OC. The van der Waals surface area contributed by atoms with Crippen molar-refractivity contribution in [3.63, 3.8) is 0 Å². The minimum atomic E-state index is -0.432. The molecule has 1 saturated heterocycles. The van der Waals surface area contributed by atoms with Crippen LogP contribution in [0, 0.1) is 12.3 Å². The fraction of sp³-hybridized carbons (Fsp3) is 0.143. The number of amides is 2. The molecule has 1 fully saturated rings. The third kappa shape index (κ3) is 4.88. The number of halogens is 3. The van der Waals surface area contributed by atoms with Crippen LogP contribution in [0.5, 0.6) is 11.5 Å². The maximum atomic E-state index is 12.8. The fourth-order valence-corrected chi connectivity index (χ4v) is 4.27. The Kier molecular flexibility index (Phi) is 7.22. The number of thioether (sulfide) groups is 1. The van der Waals surface area contributed by atoms with Crippen molar-refractivity contribution in [1.29, 1.82) is 0 Å². The van der Waals surface area contributed by atoms with Gasteiger partial charge in [0.2, 0.25) is 0 Å². The Balaban J connectivity index is 1.86. The van der Waals surface area contributed by atoms with Crippen LogP contribution < -0.4 is 9.47 Å². The molecular formula is C21H14Cl3NO4S. The molecule has 3 rings (SSSR count). The van der Waals surface area contributed by atoms with Gasteiger partial charge in [0, 0.05) is 10.0 Å². The second-order valence-electron chi connectivity index (χ2n) is 6.03. The first kappa shape index (κ1) is 22.4. The van der Waals surface area contributed by atoms with E-state index in [1.807, 2.05) is 0 Å². The molecule has 0 radical (unpaired) electrons. The van der Waals surface area contributed by atoms with E-state index in [0.717, 1.165) is 16.7 Å². The van der Waals surface area contributed by atoms with Crippen molar-refractivity contribution in [2.75, 3.05) is 13.7 Å². The van der Waals surface area contributed by atoms with E-state index >= 15 is 0 Å². The van der Waals surface area contributed by atoms with Gasteiger partial charge in [0.25, 0.3) is 11.1 Å². The quantitative estimate of drug-likeness (QED) is 0.379. The number of nitrogens with zero attached hydrogens (tertiary/aromatic N) is 1. The van der Waals surface area contributed by atoms with Crippen molar-refractivity contribution in [3.8, 4) is 23.8 Å². The van der Waals surface area contributed by atoms with Crippen molar-refractivity contribution < 1.29 is 19.1 Å². The van der Waals surface area contributed by atoms with E-state index in [2.05, 4.69) is 5.92 Å². The van der Waals surface area contributed by atoms with Gasteiger partial charge in [-0.3, -0.25) is 14.5 Å². The van der Waals surface area contributed by atoms with Gasteiger partial charge in [-0.15, -0.1) is 6.42 Å². The van der Waals surface area contributed by atoms with Crippen molar-refractivity contribution in [3.05, 3.63) is 61.4 Å². The molecule has 9 heteroatoms. The summed E-state index contributed by atoms with van der Waals surface area (Å²) in [5.74, 6) is 2.59. The molecule has 0 bridgehead atoms. The monoisotopic (exact) mass is 481 g/mol. The van der Waals surface area contributed by atoms with E-state index < -0.39 is 11.1 Å². The zero-order chi connectivity index (χ0) is 21.8. The third-order valence-electron chi connectivity index (χ3n) is 4.07. The molecule has 2 aromatic carbocycles. The number of carbonyl (C=O) groups is 2. The standard InChI is InChI=1S/C21H14Cl3NO4S/c1-3-6-29-19-16(24)7-12(8-17(19)28-2)9-18-20(26)25(21(27)30-18)11-13-4-5-14(22)10-15(13)23/h1,4-5,7-10H,6,11H2,2H3/b18-9-. The molecule has 1 aliphatic heterocycles. The first-order valence-corrected chi connectivity index (χ1v) is 10.4. The summed E-state index contributed by atoms with van der Waals surface area (Å²) in [7, 11) is 1.46. The van der Waals surface area contributed by atoms with Crippen LogP contribution >= 0.6 is 46.6 Å². The van der Waals surface area contributed by atoms with Crippen LogP contribution in [-0.2, 0) is 11.3 Å². The second-order valence-corrected chi connectivity index (χ2v) is 8.27. The van der Waals surface area contributed by atoms with E-state index in [4.69, 9.17) is 50.7 Å². The maximum Gasteiger partial charge on any atom is 0.293 e. The molecule has 2 amide bonds. The topological polar surface area (TPSA) is 55.8 Å². The van der Waals surface area contributed by atoms with Gasteiger partial charge in [-0.05, 0) is 53.2 Å². The number of benzene rings is 2. The highest BCUT2D eigenvalue weighted by molar-refractivity contribution is 8.18. The molecule has 30 heavy (non-hydrogen) atoms. The number of terminal acetylenes is 1. The van der Waals surface area contributed by atoms with Crippen LogP contribution in [0.4, 0.5) is 4.79 Å². The molecule has 1 heterocycles. The lowest BCUT2D eigenvalue weighted by Crippen LogP contribution is -2.27. The Morgan fingerprint density at radius 3 is 2.60 bits per heavy atom. The van der Waals surface area contributed by atoms with Gasteiger partial charge in [-0.25, -0.2) is 0 Å². The largest absolute Gasteiger partial charge is 0.493 e. The summed E-state index contributed by atoms with van der Waals surface area (Å²) >= 11 is 19.2. The van der Waals surface area contributed by atoms with Gasteiger partial charge < -0.3 is 9.47 Å². The molecule has 0 unspecified atom stereocenters. The van der Waals surface area contributed by atoms with Gasteiger partial charge in [0.15, 0.2) is 11.5 Å². The molecule has 0 aliphatic carbocycles. The first-order chi connectivity index (χ1) is 14.3. The highest BCUT2D eigenvalue weighted by Gasteiger charge is 2.35. The number of methoxy groups -OCH3 is 1. The number of rotatable bonds is 6. The first-order valence-electron chi connectivity index (χ1n) is 8.47. The van der Waals surface area contributed by atoms with Crippen LogP contribution in [0.15, 0.2) is 35.2 Å². The summed E-state index contributed by atoms with van der Waals surface area (Å²) < 4.78 is 10.7. The lowest BCUT2D eigenvalue weighted by molar-refractivity contribution is -0.123. The zero-order valence-electron chi connectivity index (χ0n) is 15.6. The van der Waals surface area contributed by atoms with E-state index in [9.17, 15) is 9.59 Å². The predicted molar refractivity (Wildman–Crippen MR) is 120 cm³/mol. The normalized spacial score (nSPS) is 14.9. The molecule has 0 aromatic heterocycles. The number of hydrogen-bond donors (Lipinski definition) is 0. The van der Waals surface area contributed by atoms with E-state index in [1.165, 1.54) is 7.11 Å². The molecule has 2 aromatic rings. The van der Waals surface area contributed by atoms with Gasteiger partial charge in [-0.2, -0.15) is 0 Å². The van der Waals surface area contributed by atoms with Crippen LogP contribution in [0.1, 0.15) is 11.1 Å². The summed E-state index contributed by atoms with van der Waals surface area (Å²) in [6.45, 7) is 0.0720. The molecule has 0 N–H and O–H groups in total. The number of hydrogen-bond acceptors (Lipinski definition) is 5. The van der Waals surface area contributed by atoms with Crippen molar-refractivity contribution in [1.82, 2.24) is 4.90 Å². The molecule has 0 atom stereocenters. The summed E-state index contributed by atoms with van der Waals surface area (Å²) in [5.41, 5.74) is 1.18. The van der Waals surface area contributed by atoms with Crippen LogP contribution in [0.2, 0.25) is 15.1 Å². The predicted octanol–water partition coefficient (Wildman–Crippen LogP) is 5.90. The molecule has 5 nitrogen and oxygen atoms in total. The summed E-state index contributed by atoms with van der Waals surface area (Å²) in [5, 5.41) is 0.718. The van der Waals surface area contributed by atoms with Gasteiger partial charge in [0.05, 0.1) is 23.6 Å². The third-order valence-corrected chi connectivity index (χ3v) is 5.84. The van der Waals surface area contributed by atoms with Crippen molar-refractivity contribution >= 4 is 63.8 Å². The molecular weight excluding hydrogens is 469 g/mol. The summed E-state index contributed by atoms with van der Waals surface area (Å²) in [4.78, 5) is 26.6. The van der Waals surface area contributed by atoms with E-state index in [1.54, 1.807) is 36.4 Å².